The zero-order valence-corrected chi connectivity index (χ0v) is 12.6. The van der Waals surface area contributed by atoms with E-state index >= 15 is 0 Å². The lowest BCUT2D eigenvalue weighted by Gasteiger charge is -2.35. The Bertz CT molecular complexity index is 266. The van der Waals surface area contributed by atoms with E-state index in [-0.39, 0.29) is 0 Å². The maximum atomic E-state index is 8.55. The molecule has 5 heteroatoms. The maximum absolute atomic E-state index is 8.55. The average molecular weight is 270 g/mol. The van der Waals surface area contributed by atoms with Crippen LogP contribution in [-0.4, -0.2) is 30.0 Å². The molecule has 0 aromatic carbocycles. The third-order valence-corrected chi connectivity index (χ3v) is 4.22. The molecule has 0 heterocycles. The molecule has 0 bridgehead atoms. The van der Waals surface area contributed by atoms with Gasteiger partial charge in [-0.1, -0.05) is 0 Å². The van der Waals surface area contributed by atoms with Crippen LogP contribution < -0.4 is 0 Å². The van der Waals surface area contributed by atoms with Gasteiger partial charge in [0.1, 0.15) is 0 Å². The Balaban J connectivity index is 4.49. The average Bonchev–Trinajstić information content (AvgIpc) is 2.28. The lowest BCUT2D eigenvalue weighted by molar-refractivity contribution is 0.179. The van der Waals surface area contributed by atoms with Crippen molar-refractivity contribution in [1.29, 1.82) is 5.26 Å². The molecule has 0 aliphatic carbocycles. The van der Waals surface area contributed by atoms with E-state index in [9.17, 15) is 0 Å². The standard InChI is InChI=1S/C13H23N2O2P/c1-6-7-10-16-18(17-11-8-9-14)15(12(2)3)13(4)5/h1,12-13H,7-8,10-11H2,2-5H3. The molecule has 0 aromatic rings. The van der Waals surface area contributed by atoms with Gasteiger partial charge in [-0.15, -0.1) is 12.3 Å². The summed E-state index contributed by atoms with van der Waals surface area (Å²) in [7, 11) is -1.14. The molecular weight excluding hydrogens is 247 g/mol. The Morgan fingerprint density at radius 2 is 1.61 bits per heavy atom. The number of nitrogens with zero attached hydrogens (tertiary/aromatic N) is 2. The SMILES string of the molecule is C#CCCOP(OCCC#N)N(C(C)C)C(C)C. The summed E-state index contributed by atoms with van der Waals surface area (Å²) >= 11 is 0. The second-order valence-corrected chi connectivity index (χ2v) is 5.79. The molecule has 1 atom stereocenters. The molecule has 4 nitrogen and oxygen atoms in total. The van der Waals surface area contributed by atoms with E-state index in [1.54, 1.807) is 0 Å². The lowest BCUT2D eigenvalue weighted by atomic mass is 10.3. The predicted octanol–water partition coefficient (Wildman–Crippen LogP) is 3.30. The van der Waals surface area contributed by atoms with Crippen LogP contribution in [0.15, 0.2) is 0 Å². The number of hydrogen-bond acceptors (Lipinski definition) is 4. The van der Waals surface area contributed by atoms with Gasteiger partial charge in [0, 0.05) is 18.5 Å². The first-order valence-corrected chi connectivity index (χ1v) is 7.32. The molecular formula is C13H23N2O2P. The molecule has 0 spiro atoms. The predicted molar refractivity (Wildman–Crippen MR) is 74.6 cm³/mol. The van der Waals surface area contributed by atoms with Crippen molar-refractivity contribution in [3.05, 3.63) is 0 Å². The molecule has 0 aromatic heterocycles. The summed E-state index contributed by atoms with van der Waals surface area (Å²) in [4.78, 5) is 0. The number of terminal acetylenes is 1. The van der Waals surface area contributed by atoms with Crippen LogP contribution >= 0.6 is 8.53 Å². The van der Waals surface area contributed by atoms with Crippen molar-refractivity contribution in [2.45, 2.75) is 52.6 Å². The van der Waals surface area contributed by atoms with Crippen molar-refractivity contribution in [2.24, 2.45) is 0 Å². The Kier molecular flexibility index (Phi) is 9.93. The molecule has 0 N–H and O–H groups in total. The summed E-state index contributed by atoms with van der Waals surface area (Å²) in [6.45, 7) is 9.31. The Morgan fingerprint density at radius 3 is 2.00 bits per heavy atom. The van der Waals surface area contributed by atoms with E-state index in [0.29, 0.717) is 38.1 Å². The molecule has 102 valence electrons. The molecule has 0 aliphatic rings. The van der Waals surface area contributed by atoms with E-state index < -0.39 is 8.53 Å². The fraction of sp³-hybridized carbons (Fsp3) is 0.769. The Labute approximate surface area is 112 Å². The van der Waals surface area contributed by atoms with Crippen molar-refractivity contribution in [3.63, 3.8) is 0 Å². The van der Waals surface area contributed by atoms with Crippen molar-refractivity contribution in [2.75, 3.05) is 13.2 Å². The van der Waals surface area contributed by atoms with Gasteiger partial charge in [0.25, 0.3) is 8.53 Å². The minimum atomic E-state index is -1.14. The number of nitriles is 1. The second-order valence-electron chi connectivity index (χ2n) is 4.33. The second kappa shape index (κ2) is 10.3. The van der Waals surface area contributed by atoms with Crippen LogP contribution in [0.4, 0.5) is 0 Å². The normalized spacial score (nSPS) is 12.7. The van der Waals surface area contributed by atoms with Gasteiger partial charge in [-0.05, 0) is 27.7 Å². The molecule has 1 unspecified atom stereocenters. The van der Waals surface area contributed by atoms with Gasteiger partial charge in [0.2, 0.25) is 0 Å². The van der Waals surface area contributed by atoms with Crippen LogP contribution in [0.5, 0.6) is 0 Å². The largest absolute Gasteiger partial charge is 0.321 e. The van der Waals surface area contributed by atoms with E-state index in [2.05, 4.69) is 44.4 Å². The van der Waals surface area contributed by atoms with Gasteiger partial charge in [-0.25, -0.2) is 4.67 Å². The van der Waals surface area contributed by atoms with Crippen LogP contribution in [0.25, 0.3) is 0 Å². The molecule has 0 saturated heterocycles. The van der Waals surface area contributed by atoms with Crippen LogP contribution in [-0.2, 0) is 9.05 Å². The number of rotatable bonds is 9. The van der Waals surface area contributed by atoms with Crippen molar-refractivity contribution < 1.29 is 9.05 Å². The Morgan fingerprint density at radius 1 is 1.11 bits per heavy atom. The fourth-order valence-electron chi connectivity index (χ4n) is 1.50. The third kappa shape index (κ3) is 6.94. The van der Waals surface area contributed by atoms with E-state index in [4.69, 9.17) is 20.7 Å². The monoisotopic (exact) mass is 270 g/mol. The van der Waals surface area contributed by atoms with Gasteiger partial charge < -0.3 is 9.05 Å². The van der Waals surface area contributed by atoms with E-state index in [1.807, 2.05) is 0 Å². The summed E-state index contributed by atoms with van der Waals surface area (Å²) in [5.41, 5.74) is 0. The highest BCUT2D eigenvalue weighted by Crippen LogP contribution is 2.45. The molecule has 0 radical (unpaired) electrons. The van der Waals surface area contributed by atoms with Gasteiger partial charge in [0.05, 0.1) is 25.7 Å². The lowest BCUT2D eigenvalue weighted by Crippen LogP contribution is -2.33. The minimum absolute atomic E-state index is 0.323. The van der Waals surface area contributed by atoms with Crippen molar-refractivity contribution in [1.82, 2.24) is 4.67 Å². The highest BCUT2D eigenvalue weighted by Gasteiger charge is 2.26. The molecule has 0 fully saturated rings. The van der Waals surface area contributed by atoms with Crippen molar-refractivity contribution in [3.8, 4) is 18.4 Å². The maximum Gasteiger partial charge on any atom is 0.259 e. The van der Waals surface area contributed by atoms with Crippen LogP contribution in [0.3, 0.4) is 0 Å². The van der Waals surface area contributed by atoms with Crippen LogP contribution in [0.1, 0.15) is 40.5 Å². The first-order valence-electron chi connectivity index (χ1n) is 6.19. The van der Waals surface area contributed by atoms with Gasteiger partial charge >= 0.3 is 0 Å². The Hall–Kier alpha value is -0.640. The zero-order chi connectivity index (χ0) is 14.0. The molecule has 0 saturated carbocycles. The topological polar surface area (TPSA) is 45.5 Å². The first kappa shape index (κ1) is 17.4. The highest BCUT2D eigenvalue weighted by atomic mass is 31.2. The quantitative estimate of drug-likeness (QED) is 0.366. The highest BCUT2D eigenvalue weighted by molar-refractivity contribution is 7.44. The molecule has 0 amide bonds. The van der Waals surface area contributed by atoms with E-state index in [1.165, 1.54) is 0 Å². The smallest absolute Gasteiger partial charge is 0.259 e. The third-order valence-electron chi connectivity index (χ3n) is 2.11. The summed E-state index contributed by atoms with van der Waals surface area (Å²) in [5, 5.41) is 8.55. The van der Waals surface area contributed by atoms with Gasteiger partial charge in [-0.3, -0.25) is 0 Å². The summed E-state index contributed by atoms with van der Waals surface area (Å²) in [6, 6.07) is 2.71. The van der Waals surface area contributed by atoms with E-state index in [0.717, 1.165) is 0 Å². The van der Waals surface area contributed by atoms with Gasteiger partial charge in [-0.2, -0.15) is 5.26 Å². The fourth-order valence-corrected chi connectivity index (χ4v) is 3.09. The summed E-state index contributed by atoms with van der Waals surface area (Å²) in [5.74, 6) is 2.55. The molecule has 0 rings (SSSR count). The van der Waals surface area contributed by atoms with Gasteiger partial charge in [0.15, 0.2) is 0 Å². The van der Waals surface area contributed by atoms with Crippen LogP contribution in [0.2, 0.25) is 0 Å². The molecule has 18 heavy (non-hydrogen) atoms. The number of hydrogen-bond donors (Lipinski definition) is 0. The van der Waals surface area contributed by atoms with Crippen LogP contribution in [0, 0.1) is 23.7 Å². The first-order chi connectivity index (χ1) is 8.54. The zero-order valence-electron chi connectivity index (χ0n) is 11.7. The minimum Gasteiger partial charge on any atom is -0.321 e. The summed E-state index contributed by atoms with van der Waals surface area (Å²) in [6.07, 6.45) is 6.16. The summed E-state index contributed by atoms with van der Waals surface area (Å²) < 4.78 is 13.6. The molecule has 0 aliphatic heterocycles. The van der Waals surface area contributed by atoms with Crippen molar-refractivity contribution >= 4 is 8.53 Å².